The normalized spacial score (nSPS) is 13.3. The standard InChI is InChI=1S/C19H19NO5S/c1-26(23,24)13-14-6-8-16(9-7-14)19(22)25-12-18(21)20-11-10-15-4-2-3-5-17(15)20/h2-9H,10-13H2,1H3. The minimum atomic E-state index is -3.13. The van der Waals surface area contributed by atoms with Gasteiger partial charge in [-0.1, -0.05) is 30.3 Å². The molecule has 0 atom stereocenters. The zero-order valence-corrected chi connectivity index (χ0v) is 15.2. The number of carbonyl (C=O) groups excluding carboxylic acids is 2. The van der Waals surface area contributed by atoms with Gasteiger partial charge in [0.25, 0.3) is 5.91 Å². The second-order valence-corrected chi connectivity index (χ2v) is 8.41. The second kappa shape index (κ2) is 7.29. The minimum Gasteiger partial charge on any atom is -0.452 e. The summed E-state index contributed by atoms with van der Waals surface area (Å²) in [6.45, 7) is 0.244. The van der Waals surface area contributed by atoms with Crippen LogP contribution < -0.4 is 4.90 Å². The number of anilines is 1. The van der Waals surface area contributed by atoms with E-state index in [2.05, 4.69) is 0 Å². The smallest absolute Gasteiger partial charge is 0.338 e. The average molecular weight is 373 g/mol. The maximum atomic E-state index is 12.3. The Hall–Kier alpha value is -2.67. The number of rotatable bonds is 5. The summed E-state index contributed by atoms with van der Waals surface area (Å²) in [6, 6.07) is 13.8. The van der Waals surface area contributed by atoms with Crippen LogP contribution in [-0.2, 0) is 31.5 Å². The Morgan fingerprint density at radius 2 is 1.77 bits per heavy atom. The maximum Gasteiger partial charge on any atom is 0.338 e. The monoisotopic (exact) mass is 373 g/mol. The Morgan fingerprint density at radius 1 is 1.08 bits per heavy atom. The van der Waals surface area contributed by atoms with Gasteiger partial charge in [-0.15, -0.1) is 0 Å². The van der Waals surface area contributed by atoms with Crippen molar-refractivity contribution in [3.05, 3.63) is 65.2 Å². The van der Waals surface area contributed by atoms with Crippen molar-refractivity contribution in [1.82, 2.24) is 0 Å². The van der Waals surface area contributed by atoms with E-state index in [1.807, 2.05) is 24.3 Å². The van der Waals surface area contributed by atoms with Gasteiger partial charge < -0.3 is 9.64 Å². The van der Waals surface area contributed by atoms with E-state index in [1.165, 1.54) is 12.1 Å². The first-order valence-electron chi connectivity index (χ1n) is 8.15. The van der Waals surface area contributed by atoms with E-state index in [0.717, 1.165) is 23.9 Å². The summed E-state index contributed by atoms with van der Waals surface area (Å²) in [7, 11) is -3.13. The van der Waals surface area contributed by atoms with E-state index in [1.54, 1.807) is 17.0 Å². The highest BCUT2D eigenvalue weighted by Gasteiger charge is 2.25. The van der Waals surface area contributed by atoms with E-state index in [9.17, 15) is 18.0 Å². The highest BCUT2D eigenvalue weighted by Crippen LogP contribution is 2.27. The van der Waals surface area contributed by atoms with Crippen LogP contribution in [-0.4, -0.2) is 39.7 Å². The molecule has 1 heterocycles. The zero-order valence-electron chi connectivity index (χ0n) is 14.3. The lowest BCUT2D eigenvalue weighted by Crippen LogP contribution is -2.33. The number of ether oxygens (including phenoxy) is 1. The minimum absolute atomic E-state index is 0.0881. The molecule has 7 heteroatoms. The third-order valence-corrected chi connectivity index (χ3v) is 4.99. The molecule has 0 radical (unpaired) electrons. The van der Waals surface area contributed by atoms with Crippen LogP contribution in [0.3, 0.4) is 0 Å². The summed E-state index contributed by atoms with van der Waals surface area (Å²) in [6.07, 6.45) is 1.94. The van der Waals surface area contributed by atoms with Gasteiger partial charge in [-0.3, -0.25) is 4.79 Å². The van der Waals surface area contributed by atoms with E-state index in [0.29, 0.717) is 12.1 Å². The van der Waals surface area contributed by atoms with Crippen LogP contribution in [0.25, 0.3) is 0 Å². The molecule has 0 N–H and O–H groups in total. The molecular weight excluding hydrogens is 354 g/mol. The Morgan fingerprint density at radius 3 is 2.46 bits per heavy atom. The number of esters is 1. The summed E-state index contributed by atoms with van der Waals surface area (Å²) in [5.41, 5.74) is 2.83. The van der Waals surface area contributed by atoms with Crippen molar-refractivity contribution in [2.24, 2.45) is 0 Å². The fourth-order valence-corrected chi connectivity index (χ4v) is 3.72. The van der Waals surface area contributed by atoms with Crippen molar-refractivity contribution in [3.63, 3.8) is 0 Å². The fourth-order valence-electron chi connectivity index (χ4n) is 2.93. The molecule has 0 unspecified atom stereocenters. The van der Waals surface area contributed by atoms with E-state index >= 15 is 0 Å². The predicted molar refractivity (Wildman–Crippen MR) is 97.8 cm³/mol. The average Bonchev–Trinajstić information content (AvgIpc) is 3.03. The number of carbonyl (C=O) groups is 2. The molecule has 2 aromatic rings. The second-order valence-electron chi connectivity index (χ2n) is 6.27. The number of nitrogens with zero attached hydrogens (tertiary/aromatic N) is 1. The van der Waals surface area contributed by atoms with Gasteiger partial charge in [0.05, 0.1) is 11.3 Å². The molecule has 0 saturated carbocycles. The number of hydrogen-bond donors (Lipinski definition) is 0. The van der Waals surface area contributed by atoms with Crippen molar-refractivity contribution >= 4 is 27.4 Å². The van der Waals surface area contributed by atoms with Crippen molar-refractivity contribution < 1.29 is 22.7 Å². The third kappa shape index (κ3) is 4.29. The first-order chi connectivity index (χ1) is 12.3. The predicted octanol–water partition coefficient (Wildman–Crippen LogP) is 1.98. The van der Waals surface area contributed by atoms with Gasteiger partial charge in [0, 0.05) is 18.5 Å². The Balaban J connectivity index is 1.58. The van der Waals surface area contributed by atoms with Crippen LogP contribution in [0.1, 0.15) is 21.5 Å². The van der Waals surface area contributed by atoms with E-state index < -0.39 is 15.8 Å². The number of sulfone groups is 1. The molecule has 26 heavy (non-hydrogen) atoms. The first kappa shape index (κ1) is 18.1. The number of hydrogen-bond acceptors (Lipinski definition) is 5. The van der Waals surface area contributed by atoms with E-state index in [-0.39, 0.29) is 23.8 Å². The van der Waals surface area contributed by atoms with Crippen molar-refractivity contribution in [2.75, 3.05) is 24.3 Å². The van der Waals surface area contributed by atoms with Gasteiger partial charge >= 0.3 is 5.97 Å². The highest BCUT2D eigenvalue weighted by atomic mass is 32.2. The number of fused-ring (bicyclic) bond motifs is 1. The molecule has 136 valence electrons. The van der Waals surface area contributed by atoms with E-state index in [4.69, 9.17) is 4.74 Å². The third-order valence-electron chi connectivity index (χ3n) is 4.13. The van der Waals surface area contributed by atoms with Gasteiger partial charge in [-0.25, -0.2) is 13.2 Å². The van der Waals surface area contributed by atoms with Crippen molar-refractivity contribution in [2.45, 2.75) is 12.2 Å². The quantitative estimate of drug-likeness (QED) is 0.749. The van der Waals surface area contributed by atoms with Gasteiger partial charge in [-0.2, -0.15) is 0 Å². The SMILES string of the molecule is CS(=O)(=O)Cc1ccc(C(=O)OCC(=O)N2CCc3ccccc32)cc1. The summed E-state index contributed by atoms with van der Waals surface area (Å²) in [5, 5.41) is 0. The highest BCUT2D eigenvalue weighted by molar-refractivity contribution is 7.89. The van der Waals surface area contributed by atoms with Crippen LogP contribution in [0.5, 0.6) is 0 Å². The fraction of sp³-hybridized carbons (Fsp3) is 0.263. The molecule has 0 bridgehead atoms. The molecule has 1 aliphatic rings. The lowest BCUT2D eigenvalue weighted by atomic mass is 10.1. The van der Waals surface area contributed by atoms with Crippen LogP contribution >= 0.6 is 0 Å². The molecular formula is C19H19NO5S. The summed E-state index contributed by atoms with van der Waals surface area (Å²) in [4.78, 5) is 26.1. The molecule has 0 aliphatic carbocycles. The van der Waals surface area contributed by atoms with Gasteiger partial charge in [0.1, 0.15) is 0 Å². The van der Waals surface area contributed by atoms with Crippen molar-refractivity contribution in [1.29, 1.82) is 0 Å². The van der Waals surface area contributed by atoms with Crippen LogP contribution in [0, 0.1) is 0 Å². The maximum absolute atomic E-state index is 12.3. The number of benzene rings is 2. The van der Waals surface area contributed by atoms with Crippen molar-refractivity contribution in [3.8, 4) is 0 Å². The molecule has 1 amide bonds. The lowest BCUT2D eigenvalue weighted by molar-refractivity contribution is -0.121. The summed E-state index contributed by atoms with van der Waals surface area (Å²) < 4.78 is 27.7. The summed E-state index contributed by atoms with van der Waals surface area (Å²) >= 11 is 0. The number of amides is 1. The molecule has 0 saturated heterocycles. The van der Waals surface area contributed by atoms with Crippen LogP contribution in [0.2, 0.25) is 0 Å². The molecule has 6 nitrogen and oxygen atoms in total. The van der Waals surface area contributed by atoms with Crippen LogP contribution in [0.15, 0.2) is 48.5 Å². The zero-order chi connectivity index (χ0) is 18.7. The summed E-state index contributed by atoms with van der Waals surface area (Å²) in [5.74, 6) is -0.969. The molecule has 0 fully saturated rings. The molecule has 0 aromatic heterocycles. The van der Waals surface area contributed by atoms with Gasteiger partial charge in [0.2, 0.25) is 0 Å². The Kier molecular flexibility index (Phi) is 5.08. The van der Waals surface area contributed by atoms with Gasteiger partial charge in [-0.05, 0) is 35.7 Å². The Labute approximate surface area is 152 Å². The lowest BCUT2D eigenvalue weighted by Gasteiger charge is -2.17. The largest absolute Gasteiger partial charge is 0.452 e. The number of para-hydroxylation sites is 1. The molecule has 2 aromatic carbocycles. The van der Waals surface area contributed by atoms with Gasteiger partial charge in [0.15, 0.2) is 16.4 Å². The first-order valence-corrected chi connectivity index (χ1v) is 10.2. The molecule has 3 rings (SSSR count). The molecule has 0 spiro atoms. The topological polar surface area (TPSA) is 80.7 Å². The Bertz CT molecular complexity index is 935. The molecule has 1 aliphatic heterocycles. The van der Waals surface area contributed by atoms with Crippen LogP contribution in [0.4, 0.5) is 5.69 Å².